The molecule has 2 N–H and O–H groups in total. The van der Waals surface area contributed by atoms with Crippen LogP contribution in [0.1, 0.15) is 38.5 Å². The molecule has 0 aliphatic rings. The van der Waals surface area contributed by atoms with E-state index in [-0.39, 0.29) is 10.8 Å². The van der Waals surface area contributed by atoms with Crippen molar-refractivity contribution < 1.29 is 13.5 Å². The Bertz CT molecular complexity index is 461. The highest BCUT2D eigenvalue weighted by Gasteiger charge is 2.28. The summed E-state index contributed by atoms with van der Waals surface area (Å²) in [4.78, 5) is 0.653. The van der Waals surface area contributed by atoms with Gasteiger partial charge in [-0.25, -0.2) is 13.1 Å². The van der Waals surface area contributed by atoms with Gasteiger partial charge >= 0.3 is 0 Å². The van der Waals surface area contributed by atoms with Crippen molar-refractivity contribution in [1.29, 1.82) is 0 Å². The third kappa shape index (κ3) is 3.51. The highest BCUT2D eigenvalue weighted by atomic mass is 32.2. The molecule has 1 heterocycles. The zero-order chi connectivity index (χ0) is 13.1. The Labute approximate surface area is 107 Å². The maximum Gasteiger partial charge on any atom is 0.250 e. The smallest absolute Gasteiger partial charge is 0.250 e. The third-order valence-electron chi connectivity index (χ3n) is 3.00. The van der Waals surface area contributed by atoms with E-state index in [1.807, 2.05) is 20.8 Å². The molecule has 0 amide bonds. The summed E-state index contributed by atoms with van der Waals surface area (Å²) in [5, 5.41) is 8.94. The van der Waals surface area contributed by atoms with E-state index in [4.69, 9.17) is 5.11 Å². The molecule has 1 rings (SSSR count). The van der Waals surface area contributed by atoms with Gasteiger partial charge in [-0.3, -0.25) is 0 Å². The SMILES string of the molecule is CCC(C)(CC)NS(=O)(=O)c1ccc(CO)s1. The summed E-state index contributed by atoms with van der Waals surface area (Å²) in [6.45, 7) is 5.68. The third-order valence-corrected chi connectivity index (χ3v) is 6.20. The topological polar surface area (TPSA) is 66.4 Å². The normalized spacial score (nSPS) is 12.9. The lowest BCUT2D eigenvalue weighted by Gasteiger charge is -2.27. The average Bonchev–Trinajstić information content (AvgIpc) is 2.77. The monoisotopic (exact) mass is 277 g/mol. The van der Waals surface area contributed by atoms with Gasteiger partial charge in [-0.2, -0.15) is 0 Å². The molecule has 0 saturated heterocycles. The van der Waals surface area contributed by atoms with Gasteiger partial charge in [-0.15, -0.1) is 11.3 Å². The van der Waals surface area contributed by atoms with Gasteiger partial charge in [0.25, 0.3) is 10.0 Å². The first-order valence-electron chi connectivity index (χ1n) is 5.60. The quantitative estimate of drug-likeness (QED) is 0.837. The molecule has 98 valence electrons. The predicted molar refractivity (Wildman–Crippen MR) is 69.6 cm³/mol. The summed E-state index contributed by atoms with van der Waals surface area (Å²) >= 11 is 1.10. The van der Waals surface area contributed by atoms with Crippen LogP contribution in [0.4, 0.5) is 0 Å². The number of rotatable bonds is 6. The second-order valence-corrected chi connectivity index (χ2v) is 7.33. The first-order chi connectivity index (χ1) is 7.87. The van der Waals surface area contributed by atoms with Gasteiger partial charge in [-0.05, 0) is 31.9 Å². The van der Waals surface area contributed by atoms with Crippen LogP contribution in [0.25, 0.3) is 0 Å². The zero-order valence-corrected chi connectivity index (χ0v) is 12.0. The van der Waals surface area contributed by atoms with E-state index < -0.39 is 15.6 Å². The van der Waals surface area contributed by atoms with E-state index in [2.05, 4.69) is 4.72 Å². The highest BCUT2D eigenvalue weighted by Crippen LogP contribution is 2.24. The molecule has 0 unspecified atom stereocenters. The summed E-state index contributed by atoms with van der Waals surface area (Å²) in [5.41, 5.74) is -0.414. The molecule has 17 heavy (non-hydrogen) atoms. The van der Waals surface area contributed by atoms with Crippen molar-refractivity contribution in [3.05, 3.63) is 17.0 Å². The van der Waals surface area contributed by atoms with E-state index in [9.17, 15) is 8.42 Å². The molecule has 1 aromatic heterocycles. The lowest BCUT2D eigenvalue weighted by molar-refractivity contribution is 0.285. The summed E-state index contributed by atoms with van der Waals surface area (Å²) in [5.74, 6) is 0. The van der Waals surface area contributed by atoms with E-state index >= 15 is 0 Å². The Balaban J connectivity index is 2.96. The van der Waals surface area contributed by atoms with Crippen LogP contribution in [0.3, 0.4) is 0 Å². The van der Waals surface area contributed by atoms with E-state index in [1.165, 1.54) is 6.07 Å². The van der Waals surface area contributed by atoms with Crippen molar-refractivity contribution in [2.24, 2.45) is 0 Å². The number of hydrogen-bond donors (Lipinski definition) is 2. The second kappa shape index (κ2) is 5.48. The van der Waals surface area contributed by atoms with Gasteiger partial charge < -0.3 is 5.11 Å². The van der Waals surface area contributed by atoms with Gasteiger partial charge in [0, 0.05) is 10.4 Å². The molecule has 0 aliphatic heterocycles. The minimum Gasteiger partial charge on any atom is -0.391 e. The Morgan fingerprint density at radius 2 is 1.94 bits per heavy atom. The molecule has 0 atom stereocenters. The molecule has 4 nitrogen and oxygen atoms in total. The van der Waals surface area contributed by atoms with Gasteiger partial charge in [0.15, 0.2) is 0 Å². The first kappa shape index (κ1) is 14.6. The fourth-order valence-corrected chi connectivity index (χ4v) is 4.12. The number of hydrogen-bond acceptors (Lipinski definition) is 4. The van der Waals surface area contributed by atoms with Gasteiger partial charge in [0.05, 0.1) is 6.61 Å². The lowest BCUT2D eigenvalue weighted by Crippen LogP contribution is -2.44. The van der Waals surface area contributed by atoms with Crippen LogP contribution in [0.2, 0.25) is 0 Å². The molecule has 0 aliphatic carbocycles. The minimum atomic E-state index is -3.47. The minimum absolute atomic E-state index is 0.126. The van der Waals surface area contributed by atoms with Crippen molar-refractivity contribution in [2.75, 3.05) is 0 Å². The number of aliphatic hydroxyl groups is 1. The standard InChI is InChI=1S/C11H19NO3S2/c1-4-11(3,5-2)12-17(14,15)10-7-6-9(8-13)16-10/h6-7,12-13H,4-5,8H2,1-3H3. The average molecular weight is 277 g/mol. The molecule has 0 bridgehead atoms. The van der Waals surface area contributed by atoms with Crippen LogP contribution in [0.5, 0.6) is 0 Å². The van der Waals surface area contributed by atoms with E-state index in [0.717, 1.165) is 24.2 Å². The highest BCUT2D eigenvalue weighted by molar-refractivity contribution is 7.91. The molecular weight excluding hydrogens is 258 g/mol. The van der Waals surface area contributed by atoms with Crippen LogP contribution in [0.15, 0.2) is 16.3 Å². The lowest BCUT2D eigenvalue weighted by atomic mass is 9.98. The van der Waals surface area contributed by atoms with Crippen molar-refractivity contribution >= 4 is 21.4 Å². The summed E-state index contributed by atoms with van der Waals surface area (Å²) < 4.78 is 27.2. The Morgan fingerprint density at radius 1 is 1.35 bits per heavy atom. The van der Waals surface area contributed by atoms with Gasteiger partial charge in [0.2, 0.25) is 0 Å². The zero-order valence-electron chi connectivity index (χ0n) is 10.4. The molecule has 0 radical (unpaired) electrons. The fourth-order valence-electron chi connectivity index (χ4n) is 1.36. The van der Waals surface area contributed by atoms with Crippen molar-refractivity contribution in [3.8, 4) is 0 Å². The molecule has 6 heteroatoms. The van der Waals surface area contributed by atoms with Crippen LogP contribution in [-0.2, 0) is 16.6 Å². The maximum atomic E-state index is 12.1. The van der Waals surface area contributed by atoms with E-state index in [1.54, 1.807) is 6.07 Å². The van der Waals surface area contributed by atoms with Crippen LogP contribution in [0, 0.1) is 0 Å². The number of thiophene rings is 1. The largest absolute Gasteiger partial charge is 0.391 e. The molecule has 1 aromatic rings. The fraction of sp³-hybridized carbons (Fsp3) is 0.636. The summed E-state index contributed by atoms with van der Waals surface area (Å²) in [6, 6.07) is 3.17. The van der Waals surface area contributed by atoms with Crippen LogP contribution < -0.4 is 4.72 Å². The molecule has 0 aromatic carbocycles. The molecule has 0 fully saturated rings. The predicted octanol–water partition coefficient (Wildman–Crippen LogP) is 2.10. The Kier molecular flexibility index (Phi) is 4.71. The van der Waals surface area contributed by atoms with Crippen molar-refractivity contribution in [3.63, 3.8) is 0 Å². The Hall–Kier alpha value is -0.430. The Morgan fingerprint density at radius 3 is 2.35 bits per heavy atom. The van der Waals surface area contributed by atoms with Crippen LogP contribution in [-0.4, -0.2) is 19.1 Å². The molecule has 0 saturated carbocycles. The summed E-state index contributed by atoms with van der Waals surface area (Å²) in [7, 11) is -3.47. The maximum absolute atomic E-state index is 12.1. The number of aliphatic hydroxyl groups excluding tert-OH is 1. The summed E-state index contributed by atoms with van der Waals surface area (Å²) in [6.07, 6.45) is 1.47. The molecular formula is C11H19NO3S2. The van der Waals surface area contributed by atoms with Crippen molar-refractivity contribution in [2.45, 2.75) is 50.0 Å². The second-order valence-electron chi connectivity index (χ2n) is 4.25. The van der Waals surface area contributed by atoms with Gasteiger partial charge in [0.1, 0.15) is 4.21 Å². The van der Waals surface area contributed by atoms with Gasteiger partial charge in [-0.1, -0.05) is 13.8 Å². The molecule has 0 spiro atoms. The first-order valence-corrected chi connectivity index (χ1v) is 7.90. The van der Waals surface area contributed by atoms with E-state index in [0.29, 0.717) is 4.88 Å². The number of sulfonamides is 1. The van der Waals surface area contributed by atoms with Crippen LogP contribution >= 0.6 is 11.3 Å². The number of nitrogens with one attached hydrogen (secondary N) is 1. The van der Waals surface area contributed by atoms with Crippen molar-refractivity contribution in [1.82, 2.24) is 4.72 Å².